The number of aromatic nitrogens is 1. The number of ether oxygens (including phenoxy) is 2. The fourth-order valence-corrected chi connectivity index (χ4v) is 4.35. The number of H-pyrrole nitrogens is 1. The number of carboxylic acids is 1. The topological polar surface area (TPSA) is 88.6 Å². The summed E-state index contributed by atoms with van der Waals surface area (Å²) in [5.74, 6) is -0.338. The van der Waals surface area contributed by atoms with Crippen LogP contribution in [0.1, 0.15) is 61.4 Å². The van der Waals surface area contributed by atoms with Crippen LogP contribution in [-0.2, 0) is 4.74 Å². The van der Waals surface area contributed by atoms with Crippen LogP contribution >= 0.6 is 11.6 Å². The minimum Gasteiger partial charge on any atom is -0.492 e. The van der Waals surface area contributed by atoms with Crippen LogP contribution in [0.5, 0.6) is 5.75 Å². The van der Waals surface area contributed by atoms with Gasteiger partial charge in [-0.1, -0.05) is 25.4 Å². The highest BCUT2D eigenvalue weighted by Crippen LogP contribution is 2.49. The third-order valence-corrected chi connectivity index (χ3v) is 5.99. The summed E-state index contributed by atoms with van der Waals surface area (Å²) >= 11 is 6.51. The van der Waals surface area contributed by atoms with Crippen molar-refractivity contribution < 1.29 is 19.4 Å². The second-order valence-electron chi connectivity index (χ2n) is 8.60. The summed E-state index contributed by atoms with van der Waals surface area (Å²) in [4.78, 5) is 26.4. The van der Waals surface area contributed by atoms with Gasteiger partial charge >= 0.3 is 5.97 Å². The van der Waals surface area contributed by atoms with Crippen molar-refractivity contribution in [2.24, 2.45) is 5.41 Å². The number of benzene rings is 1. The molecule has 2 aromatic rings. The van der Waals surface area contributed by atoms with Gasteiger partial charge in [-0.2, -0.15) is 0 Å². The molecule has 0 amide bonds. The van der Waals surface area contributed by atoms with Gasteiger partial charge in [-0.15, -0.1) is 0 Å². The van der Waals surface area contributed by atoms with Crippen molar-refractivity contribution in [1.29, 1.82) is 0 Å². The first-order valence-electron chi connectivity index (χ1n) is 10.1. The molecule has 6 nitrogen and oxygen atoms in total. The Morgan fingerprint density at radius 3 is 2.67 bits per heavy atom. The van der Waals surface area contributed by atoms with E-state index in [9.17, 15) is 9.59 Å². The number of pyridine rings is 1. The van der Waals surface area contributed by atoms with Crippen LogP contribution < -0.4 is 10.2 Å². The monoisotopic (exact) mass is 433 g/mol. The van der Waals surface area contributed by atoms with Crippen molar-refractivity contribution in [3.8, 4) is 17.0 Å². The molecule has 0 aliphatic heterocycles. The minimum atomic E-state index is -1.25. The lowest BCUT2D eigenvalue weighted by atomic mass is 9.86. The molecule has 0 saturated heterocycles. The number of hydrogen-bond donors (Lipinski definition) is 2. The molecule has 3 rings (SSSR count). The molecule has 30 heavy (non-hydrogen) atoms. The van der Waals surface area contributed by atoms with Gasteiger partial charge in [-0.3, -0.25) is 4.79 Å². The average Bonchev–Trinajstić information content (AvgIpc) is 3.05. The van der Waals surface area contributed by atoms with E-state index in [0.717, 1.165) is 36.8 Å². The van der Waals surface area contributed by atoms with Gasteiger partial charge in [0.05, 0.1) is 11.6 Å². The molecule has 1 heterocycles. The summed E-state index contributed by atoms with van der Waals surface area (Å²) in [6.07, 6.45) is 5.15. The number of halogens is 1. The van der Waals surface area contributed by atoms with Crippen molar-refractivity contribution >= 4 is 17.6 Å². The van der Waals surface area contributed by atoms with E-state index in [-0.39, 0.29) is 11.0 Å². The zero-order chi connectivity index (χ0) is 21.9. The second kappa shape index (κ2) is 9.23. The molecule has 0 bridgehead atoms. The molecular formula is C23H28ClNO5. The Bertz CT molecular complexity index is 982. The molecule has 1 saturated carbocycles. The lowest BCUT2D eigenvalue weighted by Crippen LogP contribution is -2.15. The first-order valence-corrected chi connectivity index (χ1v) is 10.5. The van der Waals surface area contributed by atoms with E-state index < -0.39 is 11.4 Å². The number of rotatable bonds is 8. The van der Waals surface area contributed by atoms with Gasteiger partial charge in [0.25, 0.3) is 0 Å². The highest BCUT2D eigenvalue weighted by Gasteiger charge is 2.33. The second-order valence-corrected chi connectivity index (χ2v) is 9.01. The van der Waals surface area contributed by atoms with Crippen LogP contribution in [0.15, 0.2) is 29.2 Å². The van der Waals surface area contributed by atoms with Gasteiger partial charge < -0.3 is 19.6 Å². The number of aromatic carboxylic acids is 1. The SMILES string of the molecule is COCCCOc1cc([C@H]2CCC(C)(C)C2)c(-c2cc(=O)c(C(=O)O)c[nH]2)cc1Cl. The molecule has 0 unspecified atom stereocenters. The van der Waals surface area contributed by atoms with Crippen LogP contribution in [0.25, 0.3) is 11.3 Å². The Kier molecular flexibility index (Phi) is 6.88. The predicted octanol–water partition coefficient (Wildman–Crippen LogP) is 5.10. The van der Waals surface area contributed by atoms with Crippen molar-refractivity contribution in [1.82, 2.24) is 4.98 Å². The number of carbonyl (C=O) groups is 1. The molecular weight excluding hydrogens is 406 g/mol. The maximum Gasteiger partial charge on any atom is 0.341 e. The molecule has 162 valence electrons. The number of aromatic amines is 1. The van der Waals surface area contributed by atoms with E-state index in [2.05, 4.69) is 18.8 Å². The summed E-state index contributed by atoms with van der Waals surface area (Å²) in [6, 6.07) is 5.11. The molecule has 1 aliphatic rings. The Morgan fingerprint density at radius 2 is 2.07 bits per heavy atom. The van der Waals surface area contributed by atoms with Crippen LogP contribution in [0.3, 0.4) is 0 Å². The fraction of sp³-hybridized carbons (Fsp3) is 0.478. The zero-order valence-electron chi connectivity index (χ0n) is 17.6. The highest BCUT2D eigenvalue weighted by atomic mass is 35.5. The van der Waals surface area contributed by atoms with Crippen LogP contribution in [-0.4, -0.2) is 36.4 Å². The van der Waals surface area contributed by atoms with E-state index in [1.807, 2.05) is 6.07 Å². The maximum atomic E-state index is 12.3. The first kappa shape index (κ1) is 22.4. The lowest BCUT2D eigenvalue weighted by molar-refractivity contribution is 0.0695. The number of carboxylic acid groups (broad SMARTS) is 1. The molecule has 1 aromatic carbocycles. The van der Waals surface area contributed by atoms with E-state index in [1.165, 1.54) is 12.3 Å². The first-order chi connectivity index (χ1) is 14.2. The number of nitrogens with one attached hydrogen (secondary N) is 1. The predicted molar refractivity (Wildman–Crippen MR) is 117 cm³/mol. The molecule has 0 radical (unpaired) electrons. The van der Waals surface area contributed by atoms with Gasteiger partial charge in [0.2, 0.25) is 0 Å². The van der Waals surface area contributed by atoms with E-state index >= 15 is 0 Å². The van der Waals surface area contributed by atoms with E-state index in [4.69, 9.17) is 26.2 Å². The van der Waals surface area contributed by atoms with Crippen molar-refractivity contribution in [2.45, 2.75) is 45.4 Å². The van der Waals surface area contributed by atoms with Gasteiger partial charge in [-0.05, 0) is 48.3 Å². The zero-order valence-corrected chi connectivity index (χ0v) is 18.3. The summed E-state index contributed by atoms with van der Waals surface area (Å²) in [5.41, 5.74) is 1.84. The lowest BCUT2D eigenvalue weighted by Gasteiger charge is -2.21. The largest absolute Gasteiger partial charge is 0.492 e. The van der Waals surface area contributed by atoms with Crippen molar-refractivity contribution in [3.63, 3.8) is 0 Å². The average molecular weight is 434 g/mol. The number of hydrogen-bond acceptors (Lipinski definition) is 4. The Balaban J connectivity index is 2.03. The van der Waals surface area contributed by atoms with Gasteiger partial charge in [-0.25, -0.2) is 4.79 Å². The molecule has 1 aliphatic carbocycles. The van der Waals surface area contributed by atoms with Crippen LogP contribution in [0.4, 0.5) is 0 Å². The molecule has 1 aromatic heterocycles. The number of methoxy groups -OCH3 is 1. The Hall–Kier alpha value is -2.31. The fourth-order valence-electron chi connectivity index (χ4n) is 4.13. The quantitative estimate of drug-likeness (QED) is 0.565. The van der Waals surface area contributed by atoms with E-state index in [1.54, 1.807) is 13.2 Å². The molecule has 0 spiro atoms. The minimum absolute atomic E-state index is 0.238. The smallest absolute Gasteiger partial charge is 0.341 e. The molecule has 2 N–H and O–H groups in total. The maximum absolute atomic E-state index is 12.3. The summed E-state index contributed by atoms with van der Waals surface area (Å²) < 4.78 is 11.0. The third kappa shape index (κ3) is 5.05. The van der Waals surface area contributed by atoms with Crippen LogP contribution in [0, 0.1) is 5.41 Å². The summed E-state index contributed by atoms with van der Waals surface area (Å²) in [6.45, 7) is 5.62. The molecule has 7 heteroatoms. The third-order valence-electron chi connectivity index (χ3n) is 5.70. The summed E-state index contributed by atoms with van der Waals surface area (Å²) in [7, 11) is 1.65. The van der Waals surface area contributed by atoms with Gasteiger partial charge in [0, 0.05) is 43.7 Å². The molecule has 1 fully saturated rings. The Morgan fingerprint density at radius 1 is 1.30 bits per heavy atom. The molecule has 1 atom stereocenters. The Labute approximate surface area is 181 Å². The highest BCUT2D eigenvalue weighted by molar-refractivity contribution is 6.32. The van der Waals surface area contributed by atoms with Gasteiger partial charge in [0.15, 0.2) is 5.43 Å². The van der Waals surface area contributed by atoms with Crippen molar-refractivity contribution in [3.05, 3.63) is 50.8 Å². The van der Waals surface area contributed by atoms with Gasteiger partial charge in [0.1, 0.15) is 11.3 Å². The normalized spacial score (nSPS) is 17.8. The summed E-state index contributed by atoms with van der Waals surface area (Å²) in [5, 5.41) is 9.60. The van der Waals surface area contributed by atoms with Crippen molar-refractivity contribution in [2.75, 3.05) is 20.3 Å². The van der Waals surface area contributed by atoms with Crippen LogP contribution in [0.2, 0.25) is 5.02 Å². The van der Waals surface area contributed by atoms with E-state index in [0.29, 0.717) is 35.6 Å². The standard InChI is InChI=1S/C23H28ClNO5/c1-23(2)6-5-14(12-23)15-10-21(30-8-4-7-29-3)18(24)9-16(15)19-11-20(26)17(13-25-19)22(27)28/h9-11,13-14H,4-8,12H2,1-3H3,(H,25,26)(H,27,28)/t14-/m0/s1.